The maximum atomic E-state index is 13.4. The topological polar surface area (TPSA) is 72.9 Å². The van der Waals surface area contributed by atoms with Gasteiger partial charge in [0.05, 0.1) is 16.6 Å². The molecule has 0 aliphatic carbocycles. The van der Waals surface area contributed by atoms with Crippen molar-refractivity contribution in [3.63, 3.8) is 0 Å². The van der Waals surface area contributed by atoms with Gasteiger partial charge in [0.1, 0.15) is 5.75 Å². The molecule has 1 unspecified atom stereocenters. The number of rotatable bonds is 5. The summed E-state index contributed by atoms with van der Waals surface area (Å²) in [6.07, 6.45) is -2.78. The molecule has 2 atom stereocenters. The Kier molecular flexibility index (Phi) is 6.65. The van der Waals surface area contributed by atoms with Gasteiger partial charge in [0.25, 0.3) is 5.91 Å². The molecular formula is C24H26F3NO5S. The van der Waals surface area contributed by atoms with Crippen molar-refractivity contribution in [2.75, 3.05) is 12.9 Å². The maximum absolute atomic E-state index is 13.4. The van der Waals surface area contributed by atoms with Crippen LogP contribution in [0.2, 0.25) is 0 Å². The zero-order valence-corrected chi connectivity index (χ0v) is 19.7. The van der Waals surface area contributed by atoms with Crippen LogP contribution in [-0.4, -0.2) is 44.4 Å². The van der Waals surface area contributed by atoms with Crippen LogP contribution in [0.4, 0.5) is 13.2 Å². The van der Waals surface area contributed by atoms with Crippen LogP contribution in [0.25, 0.3) is 0 Å². The third-order valence-electron chi connectivity index (χ3n) is 6.17. The van der Waals surface area contributed by atoms with Gasteiger partial charge >= 0.3 is 6.18 Å². The lowest BCUT2D eigenvalue weighted by molar-refractivity contribution is -0.189. The van der Waals surface area contributed by atoms with Crippen LogP contribution in [0.1, 0.15) is 59.3 Å². The average Bonchev–Trinajstić information content (AvgIpc) is 3.21. The number of alkyl halides is 3. The van der Waals surface area contributed by atoms with Crippen molar-refractivity contribution in [1.82, 2.24) is 4.90 Å². The van der Waals surface area contributed by atoms with Gasteiger partial charge in [0.15, 0.2) is 15.9 Å². The number of benzene rings is 2. The highest BCUT2D eigenvalue weighted by molar-refractivity contribution is 7.90. The molecule has 2 aliphatic heterocycles. The summed E-state index contributed by atoms with van der Waals surface area (Å²) in [5, 5.41) is 0. The van der Waals surface area contributed by atoms with Gasteiger partial charge in [-0.15, -0.1) is 0 Å². The standard InChI is InChI=1S/C24H26F3NO5S/c1-15(24(25,26)27)33-22-9-8-19(34(2,30)31)12-20(22)23(29)28-13-17-7-6-16(11-18(17)14-28)21-5-3-4-10-32-21/h6-9,11-12,15,21H,3-5,10,13-14H2,1-2H3/t15-,21?/m0/s1. The lowest BCUT2D eigenvalue weighted by Crippen LogP contribution is -2.32. The third-order valence-corrected chi connectivity index (χ3v) is 7.28. The predicted octanol–water partition coefficient (Wildman–Crippen LogP) is 4.82. The van der Waals surface area contributed by atoms with Crippen molar-refractivity contribution in [1.29, 1.82) is 0 Å². The van der Waals surface area contributed by atoms with Crippen molar-refractivity contribution < 1.29 is 35.9 Å². The molecule has 6 nitrogen and oxygen atoms in total. The normalized spacial score (nSPS) is 19.6. The Balaban J connectivity index is 1.61. The van der Waals surface area contributed by atoms with Crippen LogP contribution in [-0.2, 0) is 27.7 Å². The Morgan fingerprint density at radius 1 is 1.12 bits per heavy atom. The van der Waals surface area contributed by atoms with Gasteiger partial charge in [-0.25, -0.2) is 8.42 Å². The SMILES string of the molecule is C[C@H](Oc1ccc(S(C)(=O)=O)cc1C(=O)N1Cc2ccc(C3CCCCO3)cc2C1)C(F)(F)F. The van der Waals surface area contributed by atoms with Crippen LogP contribution in [0, 0.1) is 0 Å². The maximum Gasteiger partial charge on any atom is 0.425 e. The molecule has 0 radical (unpaired) electrons. The minimum absolute atomic E-state index is 0.0131. The van der Waals surface area contributed by atoms with Crippen LogP contribution in [0.15, 0.2) is 41.3 Å². The first-order chi connectivity index (χ1) is 15.9. The van der Waals surface area contributed by atoms with Crippen molar-refractivity contribution in [2.24, 2.45) is 0 Å². The number of hydrogen-bond acceptors (Lipinski definition) is 5. The molecule has 0 saturated carbocycles. The second kappa shape index (κ2) is 9.22. The molecule has 1 saturated heterocycles. The largest absolute Gasteiger partial charge is 0.480 e. The molecule has 0 aromatic heterocycles. The first-order valence-electron chi connectivity index (χ1n) is 11.0. The van der Waals surface area contributed by atoms with E-state index < -0.39 is 28.0 Å². The van der Waals surface area contributed by atoms with E-state index in [9.17, 15) is 26.4 Å². The number of fused-ring (bicyclic) bond motifs is 1. The number of halogens is 3. The number of carbonyl (C=O) groups excluding carboxylic acids is 1. The fraction of sp³-hybridized carbons (Fsp3) is 0.458. The van der Waals surface area contributed by atoms with Crippen molar-refractivity contribution in [2.45, 2.75) is 62.6 Å². The summed E-state index contributed by atoms with van der Waals surface area (Å²) in [6.45, 7) is 2.06. The Hall–Kier alpha value is -2.59. The van der Waals surface area contributed by atoms with Crippen LogP contribution >= 0.6 is 0 Å². The predicted molar refractivity (Wildman–Crippen MR) is 118 cm³/mol. The molecule has 1 amide bonds. The second-order valence-electron chi connectivity index (χ2n) is 8.78. The number of hydrogen-bond donors (Lipinski definition) is 0. The van der Waals surface area contributed by atoms with Gasteiger partial charge < -0.3 is 14.4 Å². The molecule has 2 aromatic rings. The summed E-state index contributed by atoms with van der Waals surface area (Å²) in [5.74, 6) is -0.906. The molecule has 2 heterocycles. The van der Waals surface area contributed by atoms with E-state index >= 15 is 0 Å². The van der Waals surface area contributed by atoms with Gasteiger partial charge in [-0.2, -0.15) is 13.2 Å². The molecule has 0 bridgehead atoms. The number of ether oxygens (including phenoxy) is 2. The molecule has 34 heavy (non-hydrogen) atoms. The minimum atomic E-state index is -4.64. The lowest BCUT2D eigenvalue weighted by atomic mass is 9.98. The zero-order valence-electron chi connectivity index (χ0n) is 18.9. The fourth-order valence-electron chi connectivity index (χ4n) is 4.20. The van der Waals surface area contributed by atoms with E-state index in [4.69, 9.17) is 9.47 Å². The van der Waals surface area contributed by atoms with E-state index in [0.29, 0.717) is 6.61 Å². The first-order valence-corrected chi connectivity index (χ1v) is 12.9. The molecule has 2 aromatic carbocycles. The number of nitrogens with zero attached hydrogens (tertiary/aromatic N) is 1. The number of amides is 1. The van der Waals surface area contributed by atoms with E-state index in [1.165, 1.54) is 4.90 Å². The van der Waals surface area contributed by atoms with Gasteiger partial charge in [-0.1, -0.05) is 18.2 Å². The summed E-state index contributed by atoms with van der Waals surface area (Å²) >= 11 is 0. The van der Waals surface area contributed by atoms with Crippen molar-refractivity contribution in [3.05, 3.63) is 58.7 Å². The summed E-state index contributed by atoms with van der Waals surface area (Å²) < 4.78 is 74.2. The molecule has 4 rings (SSSR count). The van der Waals surface area contributed by atoms with Crippen LogP contribution in [0.3, 0.4) is 0 Å². The average molecular weight is 498 g/mol. The van der Waals surface area contributed by atoms with Gasteiger partial charge in [-0.05, 0) is 61.1 Å². The summed E-state index contributed by atoms with van der Waals surface area (Å²) in [7, 11) is -3.69. The summed E-state index contributed by atoms with van der Waals surface area (Å²) in [4.78, 5) is 14.7. The van der Waals surface area contributed by atoms with Crippen molar-refractivity contribution in [3.8, 4) is 5.75 Å². The Morgan fingerprint density at radius 3 is 2.50 bits per heavy atom. The van der Waals surface area contributed by atoms with E-state index in [1.54, 1.807) is 0 Å². The highest BCUT2D eigenvalue weighted by Crippen LogP contribution is 2.34. The summed E-state index contributed by atoms with van der Waals surface area (Å²) in [5.41, 5.74) is 2.68. The summed E-state index contributed by atoms with van der Waals surface area (Å²) in [6, 6.07) is 9.25. The number of sulfone groups is 1. The smallest absolute Gasteiger partial charge is 0.425 e. The van der Waals surface area contributed by atoms with E-state index in [2.05, 4.69) is 0 Å². The molecule has 0 N–H and O–H groups in total. The van der Waals surface area contributed by atoms with Crippen molar-refractivity contribution >= 4 is 15.7 Å². The monoisotopic (exact) mass is 497 g/mol. The molecule has 184 valence electrons. The number of carbonyl (C=O) groups is 1. The second-order valence-corrected chi connectivity index (χ2v) is 10.8. The van der Waals surface area contributed by atoms with E-state index in [1.807, 2.05) is 18.2 Å². The Labute approximate surface area is 196 Å². The highest BCUT2D eigenvalue weighted by Gasteiger charge is 2.39. The Bertz CT molecular complexity index is 1190. The highest BCUT2D eigenvalue weighted by atomic mass is 32.2. The molecule has 2 aliphatic rings. The van der Waals surface area contributed by atoms with Gasteiger partial charge in [0.2, 0.25) is 0 Å². The molecular weight excluding hydrogens is 471 g/mol. The lowest BCUT2D eigenvalue weighted by Gasteiger charge is -2.23. The fourth-order valence-corrected chi connectivity index (χ4v) is 4.85. The third kappa shape index (κ3) is 5.22. The van der Waals surface area contributed by atoms with E-state index in [0.717, 1.165) is 67.3 Å². The van der Waals surface area contributed by atoms with Gasteiger partial charge in [0, 0.05) is 26.0 Å². The quantitative estimate of drug-likeness (QED) is 0.593. The van der Waals surface area contributed by atoms with E-state index in [-0.39, 0.29) is 35.4 Å². The minimum Gasteiger partial charge on any atom is -0.480 e. The van der Waals surface area contributed by atoms with Crippen LogP contribution in [0.5, 0.6) is 5.75 Å². The van der Waals surface area contributed by atoms with Gasteiger partial charge in [-0.3, -0.25) is 4.79 Å². The molecule has 0 spiro atoms. The molecule has 1 fully saturated rings. The Morgan fingerprint density at radius 2 is 1.85 bits per heavy atom. The first kappa shape index (κ1) is 24.5. The zero-order chi connectivity index (χ0) is 24.7. The van der Waals surface area contributed by atoms with Crippen LogP contribution < -0.4 is 4.74 Å². The molecule has 10 heteroatoms.